The van der Waals surface area contributed by atoms with Crippen molar-refractivity contribution in [1.82, 2.24) is 9.29 Å². The molecule has 1 aromatic heterocycles. The maximum atomic E-state index is 13.0. The summed E-state index contributed by atoms with van der Waals surface area (Å²) in [6.07, 6.45) is 2.44. The third-order valence-corrected chi connectivity index (χ3v) is 9.17. The number of thioether (sulfide) groups is 1. The summed E-state index contributed by atoms with van der Waals surface area (Å²) in [5.41, 5.74) is 3.79. The van der Waals surface area contributed by atoms with Crippen molar-refractivity contribution >= 4 is 44.3 Å². The first kappa shape index (κ1) is 23.7. The number of sulfonamides is 1. The highest BCUT2D eigenvalue weighted by atomic mass is 32.2. The lowest BCUT2D eigenvalue weighted by molar-refractivity contribution is -0.115. The molecule has 3 aromatic rings. The van der Waals surface area contributed by atoms with E-state index in [1.54, 1.807) is 24.3 Å². The number of aryl methyl sites for hydroxylation is 2. The molecular weight excluding hydrogens is 454 g/mol. The number of pyridine rings is 1. The Morgan fingerprint density at radius 3 is 2.45 bits per heavy atom. The first-order valence-electron chi connectivity index (χ1n) is 11.2. The van der Waals surface area contributed by atoms with Gasteiger partial charge in [0.05, 0.1) is 20.7 Å². The average Bonchev–Trinajstić information content (AvgIpc) is 3.34. The summed E-state index contributed by atoms with van der Waals surface area (Å²) in [5.74, 6) is -0.123. The number of hydrogen-bond acceptors (Lipinski definition) is 5. The number of rotatable bonds is 7. The number of nitrogens with zero attached hydrogens (tertiary/aromatic N) is 2. The lowest BCUT2D eigenvalue weighted by atomic mass is 10.1. The van der Waals surface area contributed by atoms with Crippen molar-refractivity contribution in [3.63, 3.8) is 0 Å². The highest BCUT2D eigenvalue weighted by molar-refractivity contribution is 8.00. The van der Waals surface area contributed by atoms with Crippen molar-refractivity contribution in [3.05, 3.63) is 59.7 Å². The first-order chi connectivity index (χ1) is 15.8. The fourth-order valence-corrected chi connectivity index (χ4v) is 6.60. The van der Waals surface area contributed by atoms with Crippen LogP contribution in [0.1, 0.15) is 37.3 Å². The van der Waals surface area contributed by atoms with Gasteiger partial charge in [0.2, 0.25) is 15.9 Å². The second-order valence-corrected chi connectivity index (χ2v) is 11.5. The van der Waals surface area contributed by atoms with Crippen LogP contribution >= 0.6 is 11.8 Å². The number of benzene rings is 2. The Balaban J connectivity index is 1.47. The SMILES string of the molecule is CCC(Sc1cc(C)c2cccc(C)c2n1)C(=O)Nc1ccc(S(=O)(=O)N2CCCC2)cc1. The van der Waals surface area contributed by atoms with Gasteiger partial charge in [-0.2, -0.15) is 4.31 Å². The fourth-order valence-electron chi connectivity index (χ4n) is 4.07. The molecule has 2 aromatic carbocycles. The Kier molecular flexibility index (Phi) is 7.07. The molecule has 1 aliphatic rings. The minimum absolute atomic E-state index is 0.123. The molecule has 4 rings (SSSR count). The van der Waals surface area contributed by atoms with E-state index in [1.807, 2.05) is 32.0 Å². The van der Waals surface area contributed by atoms with Gasteiger partial charge < -0.3 is 5.32 Å². The van der Waals surface area contributed by atoms with E-state index in [9.17, 15) is 13.2 Å². The Labute approximate surface area is 199 Å². The van der Waals surface area contributed by atoms with E-state index in [-0.39, 0.29) is 16.1 Å². The van der Waals surface area contributed by atoms with Crippen molar-refractivity contribution in [2.24, 2.45) is 0 Å². The standard InChI is InChI=1S/C25H29N3O3S2/c1-4-22(32-23-16-18(3)21-9-7-8-17(2)24(21)27-23)25(29)26-19-10-12-20(13-11-19)33(30,31)28-14-5-6-15-28/h7-13,16,22H,4-6,14-15H2,1-3H3,(H,26,29). The molecular formula is C25H29N3O3S2. The monoisotopic (exact) mass is 483 g/mol. The van der Waals surface area contributed by atoms with E-state index in [2.05, 4.69) is 18.3 Å². The summed E-state index contributed by atoms with van der Waals surface area (Å²) >= 11 is 1.45. The van der Waals surface area contributed by atoms with Crippen molar-refractivity contribution in [1.29, 1.82) is 0 Å². The Morgan fingerprint density at radius 2 is 1.79 bits per heavy atom. The fraction of sp³-hybridized carbons (Fsp3) is 0.360. The Morgan fingerprint density at radius 1 is 1.09 bits per heavy atom. The van der Waals surface area contributed by atoms with Crippen LogP contribution in [0.4, 0.5) is 5.69 Å². The zero-order chi connectivity index (χ0) is 23.6. The molecule has 2 heterocycles. The predicted octanol–water partition coefficient (Wildman–Crippen LogP) is 5.15. The highest BCUT2D eigenvalue weighted by Gasteiger charge is 2.27. The van der Waals surface area contributed by atoms with Gasteiger partial charge in [0, 0.05) is 24.2 Å². The van der Waals surface area contributed by atoms with E-state index in [1.165, 1.54) is 16.1 Å². The Bertz CT molecular complexity index is 1270. The third-order valence-electron chi connectivity index (χ3n) is 5.98. The van der Waals surface area contributed by atoms with Crippen LogP contribution in [0.5, 0.6) is 0 Å². The second kappa shape index (κ2) is 9.83. The zero-order valence-corrected chi connectivity index (χ0v) is 20.8. The molecule has 1 unspecified atom stereocenters. The van der Waals surface area contributed by atoms with E-state index in [0.717, 1.165) is 39.9 Å². The third kappa shape index (κ3) is 5.08. The van der Waals surface area contributed by atoms with Crippen molar-refractivity contribution in [2.45, 2.75) is 55.2 Å². The maximum Gasteiger partial charge on any atom is 0.243 e. The molecule has 0 radical (unpaired) electrons. The molecule has 6 nitrogen and oxygen atoms in total. The highest BCUT2D eigenvalue weighted by Crippen LogP contribution is 2.30. The normalized spacial score (nSPS) is 15.6. The molecule has 0 aliphatic carbocycles. The zero-order valence-electron chi connectivity index (χ0n) is 19.2. The predicted molar refractivity (Wildman–Crippen MR) is 134 cm³/mol. The number of anilines is 1. The van der Waals surface area contributed by atoms with Gasteiger partial charge in [0.1, 0.15) is 0 Å². The molecule has 1 atom stereocenters. The summed E-state index contributed by atoms with van der Waals surface area (Å²) in [4.78, 5) is 18.0. The Hall–Kier alpha value is -2.42. The van der Waals surface area contributed by atoms with Crippen LogP contribution in [0.2, 0.25) is 0 Å². The molecule has 0 bridgehead atoms. The number of amides is 1. The van der Waals surface area contributed by atoms with Crippen molar-refractivity contribution in [2.75, 3.05) is 18.4 Å². The first-order valence-corrected chi connectivity index (χ1v) is 13.6. The molecule has 0 saturated carbocycles. The second-order valence-electron chi connectivity index (χ2n) is 8.39. The largest absolute Gasteiger partial charge is 0.325 e. The van der Waals surface area contributed by atoms with Gasteiger partial charge in [-0.3, -0.25) is 4.79 Å². The van der Waals surface area contributed by atoms with Crippen LogP contribution in [0, 0.1) is 13.8 Å². The summed E-state index contributed by atoms with van der Waals surface area (Å²) in [6, 6.07) is 14.6. The maximum absolute atomic E-state index is 13.0. The van der Waals surface area contributed by atoms with Gasteiger partial charge in [-0.25, -0.2) is 13.4 Å². The van der Waals surface area contributed by atoms with Crippen LogP contribution in [-0.2, 0) is 14.8 Å². The molecule has 0 spiro atoms. The lowest BCUT2D eigenvalue weighted by Gasteiger charge is -2.17. The average molecular weight is 484 g/mol. The summed E-state index contributed by atoms with van der Waals surface area (Å²) in [5, 5.41) is 4.56. The number of carbonyl (C=O) groups excluding carboxylic acids is 1. The molecule has 8 heteroatoms. The number of para-hydroxylation sites is 1. The van der Waals surface area contributed by atoms with Crippen LogP contribution in [0.3, 0.4) is 0 Å². The van der Waals surface area contributed by atoms with Gasteiger partial charge in [-0.05, 0) is 74.6 Å². The number of aromatic nitrogens is 1. The molecule has 1 N–H and O–H groups in total. The smallest absolute Gasteiger partial charge is 0.243 e. The number of nitrogens with one attached hydrogen (secondary N) is 1. The molecule has 1 aliphatic heterocycles. The van der Waals surface area contributed by atoms with Gasteiger partial charge in [0.25, 0.3) is 0 Å². The van der Waals surface area contributed by atoms with Gasteiger partial charge in [-0.15, -0.1) is 0 Å². The van der Waals surface area contributed by atoms with Crippen LogP contribution in [0.15, 0.2) is 58.5 Å². The van der Waals surface area contributed by atoms with Gasteiger partial charge in [-0.1, -0.05) is 36.9 Å². The quantitative estimate of drug-likeness (QED) is 0.471. The van der Waals surface area contributed by atoms with Gasteiger partial charge in [0.15, 0.2) is 0 Å². The summed E-state index contributed by atoms with van der Waals surface area (Å²) in [7, 11) is -3.46. The van der Waals surface area contributed by atoms with E-state index in [4.69, 9.17) is 4.98 Å². The van der Waals surface area contributed by atoms with Gasteiger partial charge >= 0.3 is 0 Å². The minimum Gasteiger partial charge on any atom is -0.325 e. The summed E-state index contributed by atoms with van der Waals surface area (Å²) < 4.78 is 26.9. The lowest BCUT2D eigenvalue weighted by Crippen LogP contribution is -2.28. The molecule has 33 heavy (non-hydrogen) atoms. The molecule has 174 valence electrons. The van der Waals surface area contributed by atoms with Crippen molar-refractivity contribution in [3.8, 4) is 0 Å². The minimum atomic E-state index is -3.46. The van der Waals surface area contributed by atoms with Crippen LogP contribution in [-0.4, -0.2) is 42.0 Å². The molecule has 1 amide bonds. The van der Waals surface area contributed by atoms with E-state index in [0.29, 0.717) is 25.2 Å². The topological polar surface area (TPSA) is 79.4 Å². The van der Waals surface area contributed by atoms with Crippen LogP contribution < -0.4 is 5.32 Å². The number of fused-ring (bicyclic) bond motifs is 1. The number of carbonyl (C=O) groups is 1. The molecule has 1 fully saturated rings. The number of hydrogen-bond donors (Lipinski definition) is 1. The van der Waals surface area contributed by atoms with E-state index >= 15 is 0 Å². The molecule has 1 saturated heterocycles. The van der Waals surface area contributed by atoms with E-state index < -0.39 is 10.0 Å². The summed E-state index contributed by atoms with van der Waals surface area (Å²) in [6.45, 7) is 7.21. The van der Waals surface area contributed by atoms with Crippen LogP contribution in [0.25, 0.3) is 10.9 Å². The van der Waals surface area contributed by atoms with Crippen molar-refractivity contribution < 1.29 is 13.2 Å².